The fourth-order valence-corrected chi connectivity index (χ4v) is 4.36. The van der Waals surface area contributed by atoms with Crippen molar-refractivity contribution in [3.63, 3.8) is 0 Å². The molecule has 2 rings (SSSR count). The van der Waals surface area contributed by atoms with Crippen LogP contribution >= 0.6 is 0 Å². The summed E-state index contributed by atoms with van der Waals surface area (Å²) in [7, 11) is -3.44. The van der Waals surface area contributed by atoms with E-state index in [0.717, 1.165) is 25.2 Å². The van der Waals surface area contributed by atoms with Crippen molar-refractivity contribution in [2.24, 2.45) is 0 Å². The smallest absolute Gasteiger partial charge is 0.211 e. The Hall–Kier alpha value is -1.34. The van der Waals surface area contributed by atoms with E-state index in [-0.39, 0.29) is 6.42 Å². The van der Waals surface area contributed by atoms with Crippen molar-refractivity contribution in [2.45, 2.75) is 37.6 Å². The highest BCUT2D eigenvalue weighted by Crippen LogP contribution is 2.34. The van der Waals surface area contributed by atoms with Crippen LogP contribution in [0.1, 0.15) is 37.2 Å². The van der Waals surface area contributed by atoms with Gasteiger partial charge in [-0.3, -0.25) is 0 Å². The predicted octanol–water partition coefficient (Wildman–Crippen LogP) is 2.45. The maximum Gasteiger partial charge on any atom is 0.211 e. The number of aldehydes is 1. The number of carbonyl (C=O) groups excluding carboxylic acids is 1. The number of hydrogen-bond donors (Lipinski definition) is 0. The molecule has 0 amide bonds. The maximum atomic E-state index is 13.5. The zero-order chi connectivity index (χ0) is 16.3. The summed E-state index contributed by atoms with van der Waals surface area (Å²) in [5.41, 5.74) is 0.324. The van der Waals surface area contributed by atoms with Gasteiger partial charge in [0.2, 0.25) is 10.0 Å². The minimum atomic E-state index is -3.44. The summed E-state index contributed by atoms with van der Waals surface area (Å²) in [6.07, 6.45) is 3.96. The molecule has 122 valence electrons. The largest absolute Gasteiger partial charge is 0.303 e. The second-order valence-corrected chi connectivity index (χ2v) is 7.58. The Labute approximate surface area is 129 Å². The number of carbonyl (C=O) groups is 1. The molecule has 2 unspecified atom stereocenters. The van der Waals surface area contributed by atoms with Crippen LogP contribution in [0.2, 0.25) is 0 Å². The monoisotopic (exact) mass is 331 g/mol. The van der Waals surface area contributed by atoms with Crippen molar-refractivity contribution in [3.05, 3.63) is 35.4 Å². The van der Waals surface area contributed by atoms with Crippen molar-refractivity contribution in [1.29, 1.82) is 0 Å². The van der Waals surface area contributed by atoms with Gasteiger partial charge in [0.25, 0.3) is 0 Å². The molecule has 0 saturated carbocycles. The van der Waals surface area contributed by atoms with E-state index in [0.29, 0.717) is 24.8 Å². The van der Waals surface area contributed by atoms with E-state index in [1.165, 1.54) is 16.4 Å². The van der Waals surface area contributed by atoms with Gasteiger partial charge in [-0.25, -0.2) is 17.2 Å². The molecule has 1 saturated heterocycles. The summed E-state index contributed by atoms with van der Waals surface area (Å²) in [5.74, 6) is -2.00. The highest BCUT2D eigenvalue weighted by molar-refractivity contribution is 7.88. The average molecular weight is 331 g/mol. The highest BCUT2D eigenvalue weighted by Gasteiger charge is 2.35. The SMILES string of the molecule is CS(=O)(=O)N1CCCCC1C(CC=O)c1cc(F)cc(F)c1. The Morgan fingerprint density at radius 2 is 1.91 bits per heavy atom. The first-order valence-corrected chi connectivity index (χ1v) is 9.04. The quantitative estimate of drug-likeness (QED) is 0.779. The van der Waals surface area contributed by atoms with Gasteiger partial charge in [0, 0.05) is 31.0 Å². The van der Waals surface area contributed by atoms with Crippen LogP contribution in [0.15, 0.2) is 18.2 Å². The first-order valence-electron chi connectivity index (χ1n) is 7.19. The predicted molar refractivity (Wildman–Crippen MR) is 79.0 cm³/mol. The summed E-state index contributed by atoms with van der Waals surface area (Å²) in [5, 5.41) is 0. The molecule has 2 atom stereocenters. The van der Waals surface area contributed by atoms with Crippen LogP contribution < -0.4 is 0 Å². The molecule has 0 N–H and O–H groups in total. The van der Waals surface area contributed by atoms with E-state index in [1.54, 1.807) is 0 Å². The van der Waals surface area contributed by atoms with Gasteiger partial charge in [0.15, 0.2) is 0 Å². The fourth-order valence-electron chi connectivity index (χ4n) is 3.15. The molecule has 4 nitrogen and oxygen atoms in total. The van der Waals surface area contributed by atoms with E-state index in [4.69, 9.17) is 0 Å². The lowest BCUT2D eigenvalue weighted by atomic mass is 9.84. The van der Waals surface area contributed by atoms with Crippen molar-refractivity contribution < 1.29 is 22.0 Å². The summed E-state index contributed by atoms with van der Waals surface area (Å²) in [4.78, 5) is 11.0. The van der Waals surface area contributed by atoms with Gasteiger partial charge in [-0.15, -0.1) is 0 Å². The molecule has 1 heterocycles. The summed E-state index contributed by atoms with van der Waals surface area (Å²) in [6.45, 7) is 0.372. The van der Waals surface area contributed by atoms with E-state index in [2.05, 4.69) is 0 Å². The third kappa shape index (κ3) is 3.89. The van der Waals surface area contributed by atoms with Crippen LogP contribution in [0.4, 0.5) is 8.78 Å². The van der Waals surface area contributed by atoms with Crippen molar-refractivity contribution in [2.75, 3.05) is 12.8 Å². The van der Waals surface area contributed by atoms with Crippen LogP contribution in [-0.4, -0.2) is 37.9 Å². The molecule has 1 aromatic carbocycles. The molecule has 1 fully saturated rings. The average Bonchev–Trinajstić information content (AvgIpc) is 2.42. The Bertz CT molecular complexity index is 628. The zero-order valence-electron chi connectivity index (χ0n) is 12.3. The molecule has 0 spiro atoms. The highest BCUT2D eigenvalue weighted by atomic mass is 32.2. The Morgan fingerprint density at radius 3 is 2.45 bits per heavy atom. The third-order valence-electron chi connectivity index (χ3n) is 4.05. The Kier molecular flexibility index (Phi) is 5.28. The van der Waals surface area contributed by atoms with Crippen molar-refractivity contribution in [1.82, 2.24) is 4.31 Å². The number of nitrogens with zero attached hydrogens (tertiary/aromatic N) is 1. The van der Waals surface area contributed by atoms with E-state index >= 15 is 0 Å². The number of piperidine rings is 1. The summed E-state index contributed by atoms with van der Waals surface area (Å²) in [6, 6.07) is 2.66. The topological polar surface area (TPSA) is 54.5 Å². The molecule has 22 heavy (non-hydrogen) atoms. The molecule has 1 aromatic rings. The van der Waals surface area contributed by atoms with Gasteiger partial charge in [-0.2, -0.15) is 4.31 Å². The normalized spacial score (nSPS) is 21.5. The van der Waals surface area contributed by atoms with Crippen LogP contribution in [0.25, 0.3) is 0 Å². The molecule has 0 aliphatic carbocycles. The van der Waals surface area contributed by atoms with E-state index < -0.39 is 33.6 Å². The molecule has 0 bridgehead atoms. The molecular formula is C15H19F2NO3S. The standard InChI is InChI=1S/C15H19F2NO3S/c1-22(20,21)18-6-3-2-4-15(18)14(5-7-19)11-8-12(16)10-13(17)9-11/h7-10,14-15H,2-6H2,1H3. The number of hydrogen-bond acceptors (Lipinski definition) is 3. The van der Waals surface area contributed by atoms with Gasteiger partial charge in [-0.1, -0.05) is 6.42 Å². The second kappa shape index (κ2) is 6.83. The summed E-state index contributed by atoms with van der Waals surface area (Å²) >= 11 is 0. The second-order valence-electron chi connectivity index (χ2n) is 5.65. The van der Waals surface area contributed by atoms with Crippen LogP contribution in [0, 0.1) is 11.6 Å². The molecule has 1 aliphatic rings. The number of halogens is 2. The van der Waals surface area contributed by atoms with Crippen molar-refractivity contribution >= 4 is 16.3 Å². The molecule has 7 heteroatoms. The maximum absolute atomic E-state index is 13.5. The zero-order valence-corrected chi connectivity index (χ0v) is 13.2. The van der Waals surface area contributed by atoms with Gasteiger partial charge >= 0.3 is 0 Å². The lowest BCUT2D eigenvalue weighted by Gasteiger charge is -2.38. The van der Waals surface area contributed by atoms with Crippen LogP contribution in [0.3, 0.4) is 0 Å². The van der Waals surface area contributed by atoms with E-state index in [1.807, 2.05) is 0 Å². The first-order chi connectivity index (χ1) is 10.3. The first kappa shape index (κ1) is 17.0. The Morgan fingerprint density at radius 1 is 1.27 bits per heavy atom. The van der Waals surface area contributed by atoms with Crippen LogP contribution in [-0.2, 0) is 14.8 Å². The molecular weight excluding hydrogens is 312 g/mol. The van der Waals surface area contributed by atoms with Gasteiger partial charge < -0.3 is 4.79 Å². The number of benzene rings is 1. The third-order valence-corrected chi connectivity index (χ3v) is 5.36. The minimum absolute atomic E-state index is 0.0274. The minimum Gasteiger partial charge on any atom is -0.303 e. The van der Waals surface area contributed by atoms with Crippen molar-refractivity contribution in [3.8, 4) is 0 Å². The molecule has 0 radical (unpaired) electrons. The lowest BCUT2D eigenvalue weighted by Crippen LogP contribution is -2.46. The Balaban J connectivity index is 2.42. The van der Waals surface area contributed by atoms with Gasteiger partial charge in [0.1, 0.15) is 17.9 Å². The van der Waals surface area contributed by atoms with Crippen LogP contribution in [0.5, 0.6) is 0 Å². The van der Waals surface area contributed by atoms with Gasteiger partial charge in [-0.05, 0) is 30.5 Å². The summed E-state index contributed by atoms with van der Waals surface area (Å²) < 4.78 is 52.2. The molecule has 1 aliphatic heterocycles. The molecule has 0 aromatic heterocycles. The van der Waals surface area contributed by atoms with Gasteiger partial charge in [0.05, 0.1) is 6.26 Å². The fraction of sp³-hybridized carbons (Fsp3) is 0.533. The lowest BCUT2D eigenvalue weighted by molar-refractivity contribution is -0.108. The number of sulfonamides is 1. The number of rotatable bonds is 5. The van der Waals surface area contributed by atoms with E-state index in [9.17, 15) is 22.0 Å².